The third-order valence-electron chi connectivity index (χ3n) is 5.30. The Morgan fingerprint density at radius 3 is 2.52 bits per heavy atom. The fourth-order valence-corrected chi connectivity index (χ4v) is 4.91. The fourth-order valence-electron chi connectivity index (χ4n) is 3.47. The van der Waals surface area contributed by atoms with Crippen molar-refractivity contribution in [3.05, 3.63) is 48.3 Å². The number of sulfonamides is 1. The molecule has 2 N–H and O–H groups in total. The Balaban J connectivity index is 1.42. The van der Waals surface area contributed by atoms with E-state index >= 15 is 0 Å². The molecule has 2 amide bonds. The van der Waals surface area contributed by atoms with Gasteiger partial charge in [0.25, 0.3) is 0 Å². The largest absolute Gasteiger partial charge is 0.493 e. The van der Waals surface area contributed by atoms with Crippen molar-refractivity contribution in [2.75, 3.05) is 33.9 Å². The third kappa shape index (κ3) is 5.86. The standard InChI is InChI=1S/C21H28N4O5S/c1-29-19-6-5-17(12-20(19)30-2)14-24-21(26)23-13-16-7-10-25(11-8-16)31(27,28)18-4-3-9-22-15-18/h3-6,9,12,15-16H,7-8,10-11,13-14H2,1-2H3,(H2,23,24,26). The number of nitrogens with one attached hydrogen (secondary N) is 2. The second-order valence-electron chi connectivity index (χ2n) is 7.29. The molecule has 9 nitrogen and oxygen atoms in total. The molecule has 0 atom stereocenters. The van der Waals surface area contributed by atoms with E-state index in [1.54, 1.807) is 38.6 Å². The highest BCUT2D eigenvalue weighted by atomic mass is 32.2. The summed E-state index contributed by atoms with van der Waals surface area (Å²) in [7, 11) is -0.379. The summed E-state index contributed by atoms with van der Waals surface area (Å²) < 4.78 is 37.3. The van der Waals surface area contributed by atoms with Gasteiger partial charge in [0, 0.05) is 38.6 Å². The van der Waals surface area contributed by atoms with Gasteiger partial charge in [0.1, 0.15) is 4.90 Å². The van der Waals surface area contributed by atoms with Crippen molar-refractivity contribution in [1.29, 1.82) is 0 Å². The Morgan fingerprint density at radius 1 is 1.13 bits per heavy atom. The number of carbonyl (C=O) groups excluding carboxylic acids is 1. The Morgan fingerprint density at radius 2 is 1.87 bits per heavy atom. The molecule has 1 aliphatic heterocycles. The lowest BCUT2D eigenvalue weighted by Crippen LogP contribution is -2.43. The molecular formula is C21H28N4O5S. The van der Waals surface area contributed by atoms with Crippen molar-refractivity contribution >= 4 is 16.1 Å². The monoisotopic (exact) mass is 448 g/mol. The highest BCUT2D eigenvalue weighted by Gasteiger charge is 2.29. The van der Waals surface area contributed by atoms with Gasteiger partial charge in [-0.2, -0.15) is 4.31 Å². The molecule has 0 bridgehead atoms. The summed E-state index contributed by atoms with van der Waals surface area (Å²) in [5.74, 6) is 1.47. The maximum Gasteiger partial charge on any atom is 0.315 e. The molecule has 2 aromatic rings. The zero-order chi connectivity index (χ0) is 22.3. The van der Waals surface area contributed by atoms with Gasteiger partial charge >= 0.3 is 6.03 Å². The van der Waals surface area contributed by atoms with Crippen molar-refractivity contribution in [1.82, 2.24) is 19.9 Å². The topological polar surface area (TPSA) is 110 Å². The molecule has 2 heterocycles. The highest BCUT2D eigenvalue weighted by molar-refractivity contribution is 7.89. The van der Waals surface area contributed by atoms with Crippen LogP contribution >= 0.6 is 0 Å². The Kier molecular flexibility index (Phi) is 7.69. The minimum atomic E-state index is -3.51. The van der Waals surface area contributed by atoms with Crippen LogP contribution < -0.4 is 20.1 Å². The molecule has 1 aromatic heterocycles. The molecule has 1 fully saturated rings. The number of benzene rings is 1. The van der Waals surface area contributed by atoms with Crippen LogP contribution in [0, 0.1) is 5.92 Å². The normalized spacial score (nSPS) is 15.3. The quantitative estimate of drug-likeness (QED) is 0.639. The third-order valence-corrected chi connectivity index (χ3v) is 7.18. The SMILES string of the molecule is COc1ccc(CNC(=O)NCC2CCN(S(=O)(=O)c3cccnc3)CC2)cc1OC. The first-order chi connectivity index (χ1) is 14.9. The molecular weight excluding hydrogens is 420 g/mol. The van der Waals surface area contributed by atoms with Crippen LogP contribution in [-0.2, 0) is 16.6 Å². The van der Waals surface area contributed by atoms with Crippen LogP contribution in [0.25, 0.3) is 0 Å². The predicted molar refractivity (Wildman–Crippen MR) is 116 cm³/mol. The number of pyridine rings is 1. The fraction of sp³-hybridized carbons (Fsp3) is 0.429. The van der Waals surface area contributed by atoms with E-state index in [1.165, 1.54) is 10.5 Å². The minimum Gasteiger partial charge on any atom is -0.493 e. The van der Waals surface area contributed by atoms with E-state index in [-0.39, 0.29) is 16.8 Å². The van der Waals surface area contributed by atoms with Gasteiger partial charge in [0.2, 0.25) is 10.0 Å². The minimum absolute atomic E-state index is 0.209. The van der Waals surface area contributed by atoms with Crippen LogP contribution in [0.15, 0.2) is 47.6 Å². The van der Waals surface area contributed by atoms with Crippen LogP contribution in [0.1, 0.15) is 18.4 Å². The smallest absolute Gasteiger partial charge is 0.315 e. The number of aromatic nitrogens is 1. The van der Waals surface area contributed by atoms with Gasteiger partial charge in [0.15, 0.2) is 11.5 Å². The number of urea groups is 1. The maximum atomic E-state index is 12.7. The molecule has 0 aliphatic carbocycles. The summed E-state index contributed by atoms with van der Waals surface area (Å²) in [5.41, 5.74) is 0.890. The van der Waals surface area contributed by atoms with Crippen molar-refractivity contribution in [3.8, 4) is 11.5 Å². The van der Waals surface area contributed by atoms with Gasteiger partial charge in [-0.05, 0) is 48.6 Å². The van der Waals surface area contributed by atoms with Gasteiger partial charge in [-0.25, -0.2) is 13.2 Å². The van der Waals surface area contributed by atoms with Gasteiger partial charge in [-0.3, -0.25) is 4.98 Å². The zero-order valence-electron chi connectivity index (χ0n) is 17.7. The van der Waals surface area contributed by atoms with E-state index in [9.17, 15) is 13.2 Å². The first-order valence-electron chi connectivity index (χ1n) is 10.1. The molecule has 1 aliphatic rings. The van der Waals surface area contributed by atoms with E-state index < -0.39 is 10.0 Å². The van der Waals surface area contributed by atoms with Gasteiger partial charge in [0.05, 0.1) is 14.2 Å². The molecule has 1 saturated heterocycles. The summed E-state index contributed by atoms with van der Waals surface area (Å²) in [4.78, 5) is 16.3. The molecule has 0 spiro atoms. The molecule has 0 saturated carbocycles. The number of amides is 2. The average molecular weight is 449 g/mol. The number of rotatable bonds is 8. The Bertz CT molecular complexity index is 977. The van der Waals surface area contributed by atoms with Gasteiger partial charge in [-0.1, -0.05) is 6.07 Å². The van der Waals surface area contributed by atoms with E-state index in [2.05, 4.69) is 15.6 Å². The number of carbonyl (C=O) groups is 1. The van der Waals surface area contributed by atoms with Crippen LogP contribution in [0.2, 0.25) is 0 Å². The lowest BCUT2D eigenvalue weighted by molar-refractivity contribution is 0.230. The Hall–Kier alpha value is -2.85. The molecule has 0 radical (unpaired) electrons. The number of methoxy groups -OCH3 is 2. The predicted octanol–water partition coefficient (Wildman–Crippen LogP) is 2.00. The molecule has 1 aromatic carbocycles. The lowest BCUT2D eigenvalue weighted by Gasteiger charge is -2.31. The number of hydrogen-bond donors (Lipinski definition) is 2. The van der Waals surface area contributed by atoms with Gasteiger partial charge < -0.3 is 20.1 Å². The number of hydrogen-bond acceptors (Lipinski definition) is 6. The zero-order valence-corrected chi connectivity index (χ0v) is 18.5. The van der Waals surface area contributed by atoms with Crippen LogP contribution in [-0.4, -0.2) is 57.6 Å². The number of ether oxygens (including phenoxy) is 2. The summed E-state index contributed by atoms with van der Waals surface area (Å²) in [6.07, 6.45) is 4.30. The summed E-state index contributed by atoms with van der Waals surface area (Å²) in [6.45, 7) is 1.71. The van der Waals surface area contributed by atoms with Crippen molar-refractivity contribution < 1.29 is 22.7 Å². The molecule has 31 heavy (non-hydrogen) atoms. The van der Waals surface area contributed by atoms with Crippen molar-refractivity contribution in [2.24, 2.45) is 5.92 Å². The second kappa shape index (κ2) is 10.5. The van der Waals surface area contributed by atoms with E-state index in [0.717, 1.165) is 5.56 Å². The summed E-state index contributed by atoms with van der Waals surface area (Å²) in [6, 6.07) is 8.38. The molecule has 3 rings (SSSR count). The maximum absolute atomic E-state index is 12.7. The first-order valence-corrected chi connectivity index (χ1v) is 11.5. The Labute approximate surface area is 182 Å². The molecule has 168 valence electrons. The summed E-state index contributed by atoms with van der Waals surface area (Å²) in [5, 5.41) is 5.70. The molecule has 10 heteroatoms. The number of piperidine rings is 1. The van der Waals surface area contributed by atoms with Crippen LogP contribution in [0.3, 0.4) is 0 Å². The van der Waals surface area contributed by atoms with Crippen molar-refractivity contribution in [2.45, 2.75) is 24.3 Å². The summed E-state index contributed by atoms with van der Waals surface area (Å²) >= 11 is 0. The second-order valence-corrected chi connectivity index (χ2v) is 9.23. The average Bonchev–Trinajstić information content (AvgIpc) is 2.82. The lowest BCUT2D eigenvalue weighted by atomic mass is 9.98. The highest BCUT2D eigenvalue weighted by Crippen LogP contribution is 2.27. The van der Waals surface area contributed by atoms with Crippen molar-refractivity contribution in [3.63, 3.8) is 0 Å². The molecule has 0 unspecified atom stereocenters. The number of nitrogens with zero attached hydrogens (tertiary/aromatic N) is 2. The van der Waals surface area contributed by atoms with Gasteiger partial charge in [-0.15, -0.1) is 0 Å². The first kappa shape index (κ1) is 22.8. The van der Waals surface area contributed by atoms with E-state index in [1.807, 2.05) is 12.1 Å². The van der Waals surface area contributed by atoms with Crippen LogP contribution in [0.5, 0.6) is 11.5 Å². The van der Waals surface area contributed by atoms with E-state index in [4.69, 9.17) is 9.47 Å². The van der Waals surface area contributed by atoms with Crippen LogP contribution in [0.4, 0.5) is 4.79 Å². The van der Waals surface area contributed by atoms with E-state index in [0.29, 0.717) is 50.5 Å².